The number of nitrogens with zero attached hydrogens (tertiary/aromatic N) is 1. The quantitative estimate of drug-likeness (QED) is 0.795. The van der Waals surface area contributed by atoms with Crippen LogP contribution in [0.4, 0.5) is 0 Å². The van der Waals surface area contributed by atoms with Gasteiger partial charge in [-0.2, -0.15) is 0 Å². The number of hydrogen-bond donors (Lipinski definition) is 1. The number of para-hydroxylation sites is 1. The van der Waals surface area contributed by atoms with Crippen LogP contribution in [0, 0.1) is 0 Å². The van der Waals surface area contributed by atoms with Gasteiger partial charge in [0.05, 0.1) is 6.61 Å². The molecule has 0 aliphatic carbocycles. The van der Waals surface area contributed by atoms with Gasteiger partial charge >= 0.3 is 0 Å². The molecule has 2 aromatic carbocycles. The zero-order chi connectivity index (χ0) is 16.8. The Hall–Kier alpha value is -1.88. The third-order valence-electron chi connectivity index (χ3n) is 4.58. The molecular formula is C20H26N2O2. The number of methoxy groups -OCH3 is 1. The summed E-state index contributed by atoms with van der Waals surface area (Å²) in [4.78, 5) is 2.42. The molecule has 1 aliphatic heterocycles. The van der Waals surface area contributed by atoms with E-state index in [-0.39, 0.29) is 6.04 Å². The summed E-state index contributed by atoms with van der Waals surface area (Å²) in [5.74, 6) is 1.33. The fourth-order valence-corrected chi connectivity index (χ4v) is 3.35. The van der Waals surface area contributed by atoms with Crippen molar-refractivity contribution in [1.82, 2.24) is 4.90 Å². The summed E-state index contributed by atoms with van der Waals surface area (Å²) in [6, 6.07) is 19.0. The second kappa shape index (κ2) is 8.29. The van der Waals surface area contributed by atoms with Crippen LogP contribution in [0.1, 0.15) is 17.0 Å². The SMILES string of the molecule is COCCOc1ccccc1CN1C[C@@H](N)[C@H](c2ccccc2)C1. The van der Waals surface area contributed by atoms with E-state index in [1.54, 1.807) is 7.11 Å². The van der Waals surface area contributed by atoms with Gasteiger partial charge in [-0.1, -0.05) is 48.5 Å². The van der Waals surface area contributed by atoms with Crippen molar-refractivity contribution in [2.75, 3.05) is 33.4 Å². The number of rotatable bonds is 7. The molecule has 0 amide bonds. The van der Waals surface area contributed by atoms with Crippen molar-refractivity contribution in [3.63, 3.8) is 0 Å². The largest absolute Gasteiger partial charge is 0.491 e. The molecule has 2 atom stereocenters. The average Bonchev–Trinajstić information content (AvgIpc) is 2.98. The monoisotopic (exact) mass is 326 g/mol. The van der Waals surface area contributed by atoms with Crippen molar-refractivity contribution in [3.05, 3.63) is 65.7 Å². The third-order valence-corrected chi connectivity index (χ3v) is 4.58. The molecule has 4 heteroatoms. The molecule has 1 heterocycles. The highest BCUT2D eigenvalue weighted by molar-refractivity contribution is 5.33. The van der Waals surface area contributed by atoms with Gasteiger partial charge in [0.1, 0.15) is 12.4 Å². The van der Waals surface area contributed by atoms with Crippen LogP contribution in [-0.2, 0) is 11.3 Å². The fraction of sp³-hybridized carbons (Fsp3) is 0.400. The van der Waals surface area contributed by atoms with E-state index in [0.29, 0.717) is 19.1 Å². The molecule has 0 radical (unpaired) electrons. The van der Waals surface area contributed by atoms with E-state index >= 15 is 0 Å². The van der Waals surface area contributed by atoms with Crippen LogP contribution in [0.2, 0.25) is 0 Å². The van der Waals surface area contributed by atoms with Crippen LogP contribution < -0.4 is 10.5 Å². The molecule has 0 aromatic heterocycles. The van der Waals surface area contributed by atoms with E-state index in [1.165, 1.54) is 11.1 Å². The molecule has 0 spiro atoms. The van der Waals surface area contributed by atoms with Gasteiger partial charge in [0.15, 0.2) is 0 Å². The molecule has 1 saturated heterocycles. The maximum absolute atomic E-state index is 6.40. The average molecular weight is 326 g/mol. The van der Waals surface area contributed by atoms with Crippen molar-refractivity contribution < 1.29 is 9.47 Å². The summed E-state index contributed by atoms with van der Waals surface area (Å²) < 4.78 is 10.9. The minimum Gasteiger partial charge on any atom is -0.491 e. The van der Waals surface area contributed by atoms with E-state index in [9.17, 15) is 0 Å². The van der Waals surface area contributed by atoms with Crippen molar-refractivity contribution in [3.8, 4) is 5.75 Å². The molecule has 2 N–H and O–H groups in total. The number of likely N-dealkylation sites (tertiary alicyclic amines) is 1. The molecule has 1 aliphatic rings. The maximum atomic E-state index is 6.40. The van der Waals surface area contributed by atoms with Crippen LogP contribution in [0.15, 0.2) is 54.6 Å². The first-order valence-electron chi connectivity index (χ1n) is 8.50. The lowest BCUT2D eigenvalue weighted by molar-refractivity contribution is 0.145. The Kier molecular flexibility index (Phi) is 5.86. The molecule has 0 bridgehead atoms. The fourth-order valence-electron chi connectivity index (χ4n) is 3.35. The second-order valence-electron chi connectivity index (χ2n) is 6.32. The molecule has 0 unspecified atom stereocenters. The van der Waals surface area contributed by atoms with Crippen LogP contribution in [0.3, 0.4) is 0 Å². The Morgan fingerprint density at radius 1 is 1.00 bits per heavy atom. The Morgan fingerprint density at radius 3 is 2.54 bits per heavy atom. The summed E-state index contributed by atoms with van der Waals surface area (Å²) in [5, 5.41) is 0. The third kappa shape index (κ3) is 4.15. The number of hydrogen-bond acceptors (Lipinski definition) is 4. The highest BCUT2D eigenvalue weighted by atomic mass is 16.5. The predicted molar refractivity (Wildman–Crippen MR) is 96.2 cm³/mol. The van der Waals surface area contributed by atoms with Gasteiger partial charge in [-0.25, -0.2) is 0 Å². The van der Waals surface area contributed by atoms with Crippen LogP contribution in [-0.4, -0.2) is 44.4 Å². The molecule has 2 aromatic rings. The summed E-state index contributed by atoms with van der Waals surface area (Å²) in [6.07, 6.45) is 0. The zero-order valence-corrected chi connectivity index (χ0v) is 14.2. The van der Waals surface area contributed by atoms with Crippen LogP contribution >= 0.6 is 0 Å². The first kappa shape index (κ1) is 17.0. The van der Waals surface area contributed by atoms with E-state index in [2.05, 4.69) is 47.4 Å². The van der Waals surface area contributed by atoms with Crippen LogP contribution in [0.5, 0.6) is 5.75 Å². The van der Waals surface area contributed by atoms with Crippen molar-refractivity contribution in [2.24, 2.45) is 5.73 Å². The molecule has 0 saturated carbocycles. The molecule has 1 fully saturated rings. The standard InChI is InChI=1S/C20H26N2O2/c1-23-11-12-24-20-10-6-5-9-17(20)13-22-14-18(19(21)15-22)16-7-3-2-4-8-16/h2-10,18-19H,11-15,21H2,1H3/t18-,19+/m0/s1. The van der Waals surface area contributed by atoms with Gasteiger partial charge in [0.25, 0.3) is 0 Å². The van der Waals surface area contributed by atoms with E-state index in [0.717, 1.165) is 25.4 Å². The number of ether oxygens (including phenoxy) is 2. The Labute approximate surface area is 144 Å². The van der Waals surface area contributed by atoms with Gasteiger partial charge in [-0.05, 0) is 11.6 Å². The summed E-state index contributed by atoms with van der Waals surface area (Å²) in [5.41, 5.74) is 8.94. The van der Waals surface area contributed by atoms with Crippen molar-refractivity contribution >= 4 is 0 Å². The summed E-state index contributed by atoms with van der Waals surface area (Å²) in [7, 11) is 1.69. The minimum atomic E-state index is 0.175. The van der Waals surface area contributed by atoms with Gasteiger partial charge in [-0.3, -0.25) is 4.90 Å². The second-order valence-corrected chi connectivity index (χ2v) is 6.32. The topological polar surface area (TPSA) is 47.7 Å². The van der Waals surface area contributed by atoms with Gasteiger partial charge < -0.3 is 15.2 Å². The lowest BCUT2D eigenvalue weighted by Crippen LogP contribution is -2.28. The maximum Gasteiger partial charge on any atom is 0.123 e. The van der Waals surface area contributed by atoms with Crippen molar-refractivity contribution in [1.29, 1.82) is 0 Å². The Balaban J connectivity index is 1.65. The number of nitrogens with two attached hydrogens (primary N) is 1. The normalized spacial score (nSPS) is 21.1. The van der Waals surface area contributed by atoms with Gasteiger partial charge in [0.2, 0.25) is 0 Å². The van der Waals surface area contributed by atoms with E-state index in [1.807, 2.05) is 12.1 Å². The molecule has 24 heavy (non-hydrogen) atoms. The molecule has 4 nitrogen and oxygen atoms in total. The molecule has 3 rings (SSSR count). The smallest absolute Gasteiger partial charge is 0.123 e. The number of benzene rings is 2. The summed E-state index contributed by atoms with van der Waals surface area (Å²) >= 11 is 0. The first-order valence-corrected chi connectivity index (χ1v) is 8.50. The lowest BCUT2D eigenvalue weighted by atomic mass is 9.95. The molecular weight excluding hydrogens is 300 g/mol. The Bertz CT molecular complexity index is 633. The van der Waals surface area contributed by atoms with Gasteiger partial charge in [-0.15, -0.1) is 0 Å². The minimum absolute atomic E-state index is 0.175. The van der Waals surface area contributed by atoms with Gasteiger partial charge in [0, 0.05) is 44.3 Å². The van der Waals surface area contributed by atoms with E-state index in [4.69, 9.17) is 15.2 Å². The lowest BCUT2D eigenvalue weighted by Gasteiger charge is -2.18. The molecule has 128 valence electrons. The Morgan fingerprint density at radius 2 is 1.75 bits per heavy atom. The highest BCUT2D eigenvalue weighted by Crippen LogP contribution is 2.29. The van der Waals surface area contributed by atoms with E-state index < -0.39 is 0 Å². The first-order chi connectivity index (χ1) is 11.8. The van der Waals surface area contributed by atoms with Crippen LogP contribution in [0.25, 0.3) is 0 Å². The van der Waals surface area contributed by atoms with Crippen molar-refractivity contribution in [2.45, 2.75) is 18.5 Å². The highest BCUT2D eigenvalue weighted by Gasteiger charge is 2.31. The summed E-state index contributed by atoms with van der Waals surface area (Å²) in [6.45, 7) is 3.92. The predicted octanol–water partition coefficient (Wildman–Crippen LogP) is 2.64. The zero-order valence-electron chi connectivity index (χ0n) is 14.2.